The van der Waals surface area contributed by atoms with Gasteiger partial charge in [-0.1, -0.05) is 41.9 Å². The number of carbonyl (C=O) groups is 1. The van der Waals surface area contributed by atoms with Crippen molar-refractivity contribution >= 4 is 23.6 Å². The quantitative estimate of drug-likeness (QED) is 0.679. The van der Waals surface area contributed by atoms with Gasteiger partial charge >= 0.3 is 0 Å². The van der Waals surface area contributed by atoms with Crippen LogP contribution in [0.25, 0.3) is 6.08 Å². The molecule has 0 unspecified atom stereocenters. The lowest BCUT2D eigenvalue weighted by atomic mass is 10.1. The molecule has 0 aliphatic carbocycles. The minimum Gasteiger partial charge on any atom is -0.489 e. The van der Waals surface area contributed by atoms with Gasteiger partial charge in [0.15, 0.2) is 0 Å². The highest BCUT2D eigenvalue weighted by atomic mass is 35.5. The Bertz CT molecular complexity index is 763. The van der Waals surface area contributed by atoms with Gasteiger partial charge in [-0.15, -0.1) is 0 Å². The van der Waals surface area contributed by atoms with Gasteiger partial charge in [0.05, 0.1) is 0 Å². The Morgan fingerprint density at radius 3 is 2.73 bits per heavy atom. The molecule has 0 atom stereocenters. The zero-order valence-corrected chi connectivity index (χ0v) is 12.4. The van der Waals surface area contributed by atoms with Crippen LogP contribution in [0.5, 0.6) is 5.75 Å². The fourth-order valence-electron chi connectivity index (χ4n) is 1.80. The molecule has 0 saturated carbocycles. The summed E-state index contributed by atoms with van der Waals surface area (Å²) >= 11 is 6.07. The van der Waals surface area contributed by atoms with E-state index in [-0.39, 0.29) is 5.57 Å². The lowest BCUT2D eigenvalue weighted by Crippen LogP contribution is -2.12. The second-order valence-electron chi connectivity index (χ2n) is 4.49. The predicted octanol–water partition coefficient (Wildman–Crippen LogP) is 3.31. The third-order valence-corrected chi connectivity index (χ3v) is 3.28. The number of benzene rings is 2. The number of amides is 1. The van der Waals surface area contributed by atoms with E-state index in [1.807, 2.05) is 18.2 Å². The van der Waals surface area contributed by atoms with Gasteiger partial charge in [0.1, 0.15) is 24.0 Å². The fourth-order valence-corrected chi connectivity index (χ4v) is 1.99. The van der Waals surface area contributed by atoms with Crippen LogP contribution >= 0.6 is 11.6 Å². The number of nitriles is 1. The SMILES string of the molecule is N#C/C(=C\c1cccc(OCc2ccccc2Cl)c1)C(N)=O. The van der Waals surface area contributed by atoms with E-state index in [1.54, 1.807) is 36.4 Å². The van der Waals surface area contributed by atoms with E-state index in [0.29, 0.717) is 22.9 Å². The molecule has 22 heavy (non-hydrogen) atoms. The van der Waals surface area contributed by atoms with Gasteiger partial charge in [0, 0.05) is 10.6 Å². The summed E-state index contributed by atoms with van der Waals surface area (Å²) in [6.07, 6.45) is 1.42. The molecule has 0 aliphatic heterocycles. The number of halogens is 1. The summed E-state index contributed by atoms with van der Waals surface area (Å²) < 4.78 is 5.68. The zero-order chi connectivity index (χ0) is 15.9. The molecule has 0 aliphatic rings. The van der Waals surface area contributed by atoms with Crippen LogP contribution in [0.4, 0.5) is 0 Å². The van der Waals surface area contributed by atoms with E-state index < -0.39 is 5.91 Å². The van der Waals surface area contributed by atoms with E-state index in [0.717, 1.165) is 5.56 Å². The van der Waals surface area contributed by atoms with Gasteiger partial charge in [-0.2, -0.15) is 5.26 Å². The zero-order valence-electron chi connectivity index (χ0n) is 11.6. The molecule has 2 aromatic carbocycles. The lowest BCUT2D eigenvalue weighted by Gasteiger charge is -2.08. The Balaban J connectivity index is 2.14. The Kier molecular flexibility index (Phi) is 5.18. The molecule has 5 heteroatoms. The minimum atomic E-state index is -0.759. The number of hydrogen-bond acceptors (Lipinski definition) is 3. The Labute approximate surface area is 133 Å². The maximum atomic E-state index is 11.1. The van der Waals surface area contributed by atoms with Crippen molar-refractivity contribution in [1.29, 1.82) is 5.26 Å². The molecule has 0 heterocycles. The molecule has 0 radical (unpaired) electrons. The van der Waals surface area contributed by atoms with Crippen LogP contribution in [0.2, 0.25) is 5.02 Å². The Morgan fingerprint density at radius 2 is 2.05 bits per heavy atom. The first kappa shape index (κ1) is 15.6. The minimum absolute atomic E-state index is 0.108. The van der Waals surface area contributed by atoms with Gasteiger partial charge in [-0.05, 0) is 29.8 Å². The van der Waals surface area contributed by atoms with E-state index in [2.05, 4.69) is 0 Å². The van der Waals surface area contributed by atoms with Crippen LogP contribution in [0, 0.1) is 11.3 Å². The van der Waals surface area contributed by atoms with E-state index in [1.165, 1.54) is 6.08 Å². The number of nitrogens with two attached hydrogens (primary N) is 1. The van der Waals surface area contributed by atoms with Crippen molar-refractivity contribution < 1.29 is 9.53 Å². The van der Waals surface area contributed by atoms with Crippen molar-refractivity contribution in [3.8, 4) is 11.8 Å². The van der Waals surface area contributed by atoms with Gasteiger partial charge in [-0.3, -0.25) is 4.79 Å². The normalized spacial score (nSPS) is 10.8. The first-order valence-electron chi connectivity index (χ1n) is 6.48. The lowest BCUT2D eigenvalue weighted by molar-refractivity contribution is -0.114. The summed E-state index contributed by atoms with van der Waals surface area (Å²) in [5, 5.41) is 9.48. The van der Waals surface area contributed by atoms with Crippen LogP contribution in [0.3, 0.4) is 0 Å². The molecule has 2 aromatic rings. The molecular weight excluding hydrogens is 300 g/mol. The number of ether oxygens (including phenoxy) is 1. The molecule has 2 rings (SSSR count). The van der Waals surface area contributed by atoms with Crippen LogP contribution < -0.4 is 10.5 Å². The first-order chi connectivity index (χ1) is 10.6. The summed E-state index contributed by atoms with van der Waals surface area (Å²) in [7, 11) is 0. The number of carbonyl (C=O) groups excluding carboxylic acids is 1. The van der Waals surface area contributed by atoms with Crippen molar-refractivity contribution in [1.82, 2.24) is 0 Å². The van der Waals surface area contributed by atoms with E-state index >= 15 is 0 Å². The fraction of sp³-hybridized carbons (Fsp3) is 0.0588. The highest BCUT2D eigenvalue weighted by molar-refractivity contribution is 6.31. The molecule has 0 spiro atoms. The largest absolute Gasteiger partial charge is 0.489 e. The standard InChI is InChI=1S/C17H13ClN2O2/c18-16-7-2-1-5-13(16)11-22-15-6-3-4-12(9-15)8-14(10-19)17(20)21/h1-9H,11H2,(H2,20,21)/b14-8+. The monoisotopic (exact) mass is 312 g/mol. The maximum Gasteiger partial charge on any atom is 0.259 e. The topological polar surface area (TPSA) is 76.1 Å². The average Bonchev–Trinajstić information content (AvgIpc) is 2.52. The predicted molar refractivity (Wildman–Crippen MR) is 85.0 cm³/mol. The second kappa shape index (κ2) is 7.30. The summed E-state index contributed by atoms with van der Waals surface area (Å²) in [5.74, 6) is -0.152. The van der Waals surface area contributed by atoms with E-state index in [4.69, 9.17) is 27.3 Å². The maximum absolute atomic E-state index is 11.1. The third kappa shape index (κ3) is 4.11. The number of primary amides is 1. The van der Waals surface area contributed by atoms with Crippen LogP contribution in [-0.4, -0.2) is 5.91 Å². The third-order valence-electron chi connectivity index (χ3n) is 2.91. The molecule has 4 nitrogen and oxygen atoms in total. The Morgan fingerprint density at radius 1 is 1.27 bits per heavy atom. The summed E-state index contributed by atoms with van der Waals surface area (Å²) in [6, 6.07) is 16.2. The average molecular weight is 313 g/mol. The molecule has 110 valence electrons. The van der Waals surface area contributed by atoms with Gasteiger partial charge in [0.25, 0.3) is 5.91 Å². The highest BCUT2D eigenvalue weighted by Crippen LogP contribution is 2.20. The smallest absolute Gasteiger partial charge is 0.259 e. The van der Waals surface area contributed by atoms with Crippen LogP contribution in [0.1, 0.15) is 11.1 Å². The number of rotatable bonds is 5. The molecular formula is C17H13ClN2O2. The van der Waals surface area contributed by atoms with Crippen molar-refractivity contribution in [2.24, 2.45) is 5.73 Å². The number of nitrogens with zero attached hydrogens (tertiary/aromatic N) is 1. The van der Waals surface area contributed by atoms with Crippen molar-refractivity contribution in [2.75, 3.05) is 0 Å². The molecule has 0 saturated heterocycles. The summed E-state index contributed by atoms with van der Waals surface area (Å²) in [5.41, 5.74) is 6.53. The van der Waals surface area contributed by atoms with Crippen LogP contribution in [0.15, 0.2) is 54.1 Å². The summed E-state index contributed by atoms with van der Waals surface area (Å²) in [6.45, 7) is 0.327. The first-order valence-corrected chi connectivity index (χ1v) is 6.86. The molecule has 0 fully saturated rings. The van der Waals surface area contributed by atoms with Crippen molar-refractivity contribution in [3.63, 3.8) is 0 Å². The van der Waals surface area contributed by atoms with Gasteiger partial charge in [-0.25, -0.2) is 0 Å². The molecule has 0 bridgehead atoms. The summed E-state index contributed by atoms with van der Waals surface area (Å²) in [4.78, 5) is 11.1. The highest BCUT2D eigenvalue weighted by Gasteiger charge is 2.04. The molecule has 1 amide bonds. The molecule has 2 N–H and O–H groups in total. The Hall–Kier alpha value is -2.77. The molecule has 0 aromatic heterocycles. The van der Waals surface area contributed by atoms with Crippen molar-refractivity contribution in [3.05, 3.63) is 70.3 Å². The second-order valence-corrected chi connectivity index (χ2v) is 4.89. The van der Waals surface area contributed by atoms with Crippen LogP contribution in [-0.2, 0) is 11.4 Å². The number of hydrogen-bond donors (Lipinski definition) is 1. The van der Waals surface area contributed by atoms with Gasteiger partial charge < -0.3 is 10.5 Å². The van der Waals surface area contributed by atoms with Gasteiger partial charge in [0.2, 0.25) is 0 Å². The van der Waals surface area contributed by atoms with E-state index in [9.17, 15) is 4.79 Å². The van der Waals surface area contributed by atoms with Crippen molar-refractivity contribution in [2.45, 2.75) is 6.61 Å².